The van der Waals surface area contributed by atoms with Crippen molar-refractivity contribution in [1.82, 2.24) is 29.2 Å². The zero-order chi connectivity index (χ0) is 29.7. The number of benzene rings is 1. The van der Waals surface area contributed by atoms with Crippen molar-refractivity contribution in [3.05, 3.63) is 105 Å². The Morgan fingerprint density at radius 1 is 1.10 bits per heavy atom. The molecule has 0 atom stereocenters. The Hall–Kier alpha value is -4.50. The van der Waals surface area contributed by atoms with Gasteiger partial charge in [0.25, 0.3) is 11.5 Å². The fraction of sp³-hybridized carbons (Fsp3) is 0.258. The lowest BCUT2D eigenvalue weighted by atomic mass is 10.0. The Balaban J connectivity index is 0.00000189. The molecule has 41 heavy (non-hydrogen) atoms. The summed E-state index contributed by atoms with van der Waals surface area (Å²) in [5.74, 6) is 0.251. The highest BCUT2D eigenvalue weighted by Crippen LogP contribution is 2.33. The molecule has 0 bridgehead atoms. The monoisotopic (exact) mass is 572 g/mol. The van der Waals surface area contributed by atoms with Crippen molar-refractivity contribution in [3.63, 3.8) is 0 Å². The van der Waals surface area contributed by atoms with Crippen LogP contribution >= 0.6 is 11.6 Å². The molecular weight excluding hydrogens is 540 g/mol. The highest BCUT2D eigenvalue weighted by atomic mass is 35.5. The summed E-state index contributed by atoms with van der Waals surface area (Å²) in [5.41, 5.74) is 4.67. The molecule has 9 nitrogen and oxygen atoms in total. The lowest BCUT2D eigenvalue weighted by Crippen LogP contribution is -2.32. The van der Waals surface area contributed by atoms with Crippen LogP contribution in [-0.2, 0) is 20.2 Å². The van der Waals surface area contributed by atoms with Crippen molar-refractivity contribution < 1.29 is 9.53 Å². The third kappa shape index (κ3) is 6.15. The number of rotatable bonds is 7. The van der Waals surface area contributed by atoms with Gasteiger partial charge < -0.3 is 14.2 Å². The van der Waals surface area contributed by atoms with E-state index < -0.39 is 0 Å². The van der Waals surface area contributed by atoms with E-state index in [0.29, 0.717) is 21.9 Å². The molecule has 0 N–H and O–H groups in total. The van der Waals surface area contributed by atoms with Crippen LogP contribution in [0.3, 0.4) is 0 Å². The molecule has 212 valence electrons. The minimum absolute atomic E-state index is 0.0942. The van der Waals surface area contributed by atoms with Gasteiger partial charge in [-0.2, -0.15) is 5.10 Å². The van der Waals surface area contributed by atoms with Crippen LogP contribution in [0.15, 0.2) is 72.0 Å². The largest absolute Gasteiger partial charge is 0.487 e. The number of aryl methyl sites for hydroxylation is 2. The molecule has 4 aromatic heterocycles. The number of ether oxygens (including phenoxy) is 1. The number of nitrogens with zero attached hydrogens (tertiary/aromatic N) is 6. The Morgan fingerprint density at radius 3 is 2.59 bits per heavy atom. The van der Waals surface area contributed by atoms with E-state index in [4.69, 9.17) is 21.3 Å². The summed E-state index contributed by atoms with van der Waals surface area (Å²) in [6, 6.07) is 13.0. The fourth-order valence-electron chi connectivity index (χ4n) is 4.52. The first-order valence-corrected chi connectivity index (χ1v) is 13.7. The van der Waals surface area contributed by atoms with Crippen LogP contribution in [0.1, 0.15) is 41.0 Å². The zero-order valence-corrected chi connectivity index (χ0v) is 24.8. The van der Waals surface area contributed by atoms with Crippen molar-refractivity contribution in [2.24, 2.45) is 7.05 Å². The summed E-state index contributed by atoms with van der Waals surface area (Å²) in [4.78, 5) is 35.9. The second-order valence-electron chi connectivity index (χ2n) is 9.41. The molecule has 0 aliphatic rings. The predicted octanol–water partition coefficient (Wildman–Crippen LogP) is 5.51. The maximum atomic E-state index is 13.0. The van der Waals surface area contributed by atoms with Crippen molar-refractivity contribution >= 4 is 28.4 Å². The molecule has 0 aliphatic carbocycles. The van der Waals surface area contributed by atoms with Crippen molar-refractivity contribution in [3.8, 4) is 17.0 Å². The topological polar surface area (TPSA) is 95.1 Å². The maximum absolute atomic E-state index is 13.0. The summed E-state index contributed by atoms with van der Waals surface area (Å²) >= 11 is 6.56. The Kier molecular flexibility index (Phi) is 9.19. The number of pyridine rings is 3. The van der Waals surface area contributed by atoms with Crippen LogP contribution in [0.2, 0.25) is 5.02 Å². The van der Waals surface area contributed by atoms with E-state index in [1.807, 2.05) is 62.8 Å². The van der Waals surface area contributed by atoms with Gasteiger partial charge in [-0.25, -0.2) is 4.98 Å². The zero-order valence-electron chi connectivity index (χ0n) is 24.1. The molecule has 0 unspecified atom stereocenters. The third-order valence-corrected chi connectivity index (χ3v) is 6.82. The Morgan fingerprint density at radius 2 is 1.88 bits per heavy atom. The summed E-state index contributed by atoms with van der Waals surface area (Å²) in [6.45, 7) is 6.26. The Bertz CT molecular complexity index is 1760. The summed E-state index contributed by atoms with van der Waals surface area (Å²) in [6.07, 6.45) is 6.60. The lowest BCUT2D eigenvalue weighted by Gasteiger charge is -2.16. The van der Waals surface area contributed by atoms with Gasteiger partial charge in [-0.3, -0.25) is 19.3 Å². The van der Waals surface area contributed by atoms with Gasteiger partial charge >= 0.3 is 0 Å². The first kappa shape index (κ1) is 29.5. The summed E-state index contributed by atoms with van der Waals surface area (Å²) in [7, 11) is 5.12. The van der Waals surface area contributed by atoms with E-state index >= 15 is 0 Å². The van der Waals surface area contributed by atoms with Crippen LogP contribution in [0.4, 0.5) is 0 Å². The van der Waals surface area contributed by atoms with Crippen molar-refractivity contribution in [2.75, 3.05) is 14.1 Å². The second-order valence-corrected chi connectivity index (χ2v) is 9.81. The second kappa shape index (κ2) is 12.8. The minimum Gasteiger partial charge on any atom is -0.487 e. The number of hydrogen-bond donors (Lipinski definition) is 0. The fourth-order valence-corrected chi connectivity index (χ4v) is 4.75. The number of hydrogen-bond acceptors (Lipinski definition) is 6. The SMILES string of the molecule is CC.Cc1cc(-c2ccnn2C)c2cccc(OCc3c(Cl)cncc3Cn3cccc(C(=O)N(C)C)c3=O)c2n1. The minimum atomic E-state index is -0.389. The standard InChI is InChI=1S/C29H27ClN6O3.C2H6/c1-18-13-22(25-10-11-32-35(25)4)20-7-5-9-26(27(20)33-18)39-17-23-19(14-31-15-24(23)30)16-36-12-6-8-21(29(36)38)28(37)34(2)3;1-2/h5-15H,16-17H2,1-4H3;1-2H3. The van der Waals surface area contributed by atoms with Gasteiger partial charge in [0, 0.05) is 68.1 Å². The number of fused-ring (bicyclic) bond motifs is 1. The number of para-hydroxylation sites is 1. The van der Waals surface area contributed by atoms with Gasteiger partial charge in [-0.15, -0.1) is 0 Å². The quantitative estimate of drug-likeness (QED) is 0.255. The average Bonchev–Trinajstić information content (AvgIpc) is 3.39. The van der Waals surface area contributed by atoms with E-state index in [9.17, 15) is 9.59 Å². The summed E-state index contributed by atoms with van der Waals surface area (Å²) in [5, 5.41) is 5.67. The molecular formula is C31H33ClN6O3. The van der Waals surface area contributed by atoms with Crippen molar-refractivity contribution in [1.29, 1.82) is 0 Å². The van der Waals surface area contributed by atoms with Gasteiger partial charge in [0.1, 0.15) is 23.4 Å². The number of carbonyl (C=O) groups excluding carboxylic acids is 1. The molecule has 5 aromatic rings. The first-order valence-electron chi connectivity index (χ1n) is 13.3. The van der Waals surface area contributed by atoms with Crippen LogP contribution in [0, 0.1) is 6.92 Å². The lowest BCUT2D eigenvalue weighted by molar-refractivity contribution is 0.0825. The van der Waals surface area contributed by atoms with E-state index in [1.54, 1.807) is 44.9 Å². The maximum Gasteiger partial charge on any atom is 0.263 e. The third-order valence-electron chi connectivity index (χ3n) is 6.49. The highest BCUT2D eigenvalue weighted by Gasteiger charge is 2.17. The number of halogens is 1. The van der Waals surface area contributed by atoms with Crippen LogP contribution in [0.5, 0.6) is 5.75 Å². The highest BCUT2D eigenvalue weighted by molar-refractivity contribution is 6.31. The molecule has 4 heterocycles. The molecule has 0 fully saturated rings. The van der Waals surface area contributed by atoms with Gasteiger partial charge in [0.2, 0.25) is 0 Å². The van der Waals surface area contributed by atoms with Crippen LogP contribution in [0.25, 0.3) is 22.2 Å². The molecule has 0 aliphatic heterocycles. The van der Waals surface area contributed by atoms with Crippen LogP contribution in [-0.4, -0.2) is 49.2 Å². The smallest absolute Gasteiger partial charge is 0.263 e. The predicted molar refractivity (Wildman–Crippen MR) is 161 cm³/mol. The molecule has 0 saturated heterocycles. The van der Waals surface area contributed by atoms with Gasteiger partial charge in [0.15, 0.2) is 0 Å². The van der Waals surface area contributed by atoms with E-state index in [2.05, 4.69) is 10.1 Å². The van der Waals surface area contributed by atoms with Crippen LogP contribution < -0.4 is 10.3 Å². The molecule has 0 spiro atoms. The van der Waals surface area contributed by atoms with E-state index in [0.717, 1.165) is 27.9 Å². The van der Waals surface area contributed by atoms with Gasteiger partial charge in [-0.05, 0) is 42.8 Å². The van der Waals surface area contributed by atoms with E-state index in [1.165, 1.54) is 15.5 Å². The number of aromatic nitrogens is 5. The molecule has 1 amide bonds. The molecule has 1 aromatic carbocycles. The van der Waals surface area contributed by atoms with E-state index in [-0.39, 0.29) is 30.2 Å². The molecule has 10 heteroatoms. The molecule has 0 saturated carbocycles. The Labute approximate surface area is 244 Å². The van der Waals surface area contributed by atoms with Gasteiger partial charge in [0.05, 0.1) is 17.3 Å². The van der Waals surface area contributed by atoms with Crippen molar-refractivity contribution in [2.45, 2.75) is 33.9 Å². The normalized spacial score (nSPS) is 10.7. The average molecular weight is 573 g/mol. The summed E-state index contributed by atoms with van der Waals surface area (Å²) < 4.78 is 9.60. The number of amides is 1. The number of carbonyl (C=O) groups is 1. The first-order chi connectivity index (χ1) is 19.7. The molecule has 5 rings (SSSR count). The van der Waals surface area contributed by atoms with Gasteiger partial charge in [-0.1, -0.05) is 37.6 Å². The molecule has 0 radical (unpaired) electrons.